The molecule has 0 unspecified atom stereocenters. The number of fused-ring (bicyclic) bond motifs is 2. The van der Waals surface area contributed by atoms with Crippen LogP contribution in [0, 0.1) is 25.5 Å². The van der Waals surface area contributed by atoms with Gasteiger partial charge in [-0.3, -0.25) is 9.13 Å². The molecule has 1 N–H and O–H groups in total. The third kappa shape index (κ3) is 3.28. The highest BCUT2D eigenvalue weighted by Gasteiger charge is 2.25. The number of benzene rings is 2. The maximum Gasteiger partial charge on any atom is 0.338 e. The number of imidazole rings is 1. The number of rotatable bonds is 3. The average Bonchev–Trinajstić information content (AvgIpc) is 3.43. The van der Waals surface area contributed by atoms with Gasteiger partial charge in [-0.1, -0.05) is 6.07 Å². The van der Waals surface area contributed by atoms with Gasteiger partial charge in [0.15, 0.2) is 5.82 Å². The van der Waals surface area contributed by atoms with Gasteiger partial charge in [-0.2, -0.15) is 15.3 Å². The second kappa shape index (κ2) is 7.95. The molecule has 0 fully saturated rings. The van der Waals surface area contributed by atoms with Gasteiger partial charge in [-0.05, 0) is 43.2 Å². The zero-order valence-corrected chi connectivity index (χ0v) is 19.1. The van der Waals surface area contributed by atoms with Crippen LogP contribution in [-0.4, -0.2) is 35.7 Å². The van der Waals surface area contributed by atoms with Crippen LogP contribution in [0.4, 0.5) is 8.78 Å². The van der Waals surface area contributed by atoms with Crippen molar-refractivity contribution >= 4 is 10.8 Å². The van der Waals surface area contributed by atoms with Gasteiger partial charge < -0.3 is 5.32 Å². The molecule has 0 saturated heterocycles. The number of hydrogen-bond acceptors (Lipinski definition) is 5. The molecular formula is C25H21F2N7O. The van der Waals surface area contributed by atoms with Crippen molar-refractivity contribution in [1.29, 1.82) is 0 Å². The summed E-state index contributed by atoms with van der Waals surface area (Å²) in [5.41, 5.74) is 3.04. The predicted octanol–water partition coefficient (Wildman–Crippen LogP) is 3.30. The number of hydrogen-bond donors (Lipinski definition) is 1. The summed E-state index contributed by atoms with van der Waals surface area (Å²) in [5, 5.41) is 16.5. The molecule has 0 spiro atoms. The summed E-state index contributed by atoms with van der Waals surface area (Å²) in [6.07, 6.45) is 6.64. The van der Waals surface area contributed by atoms with E-state index in [0.717, 1.165) is 17.8 Å². The normalized spacial score (nSPS) is 13.4. The van der Waals surface area contributed by atoms with Gasteiger partial charge in [0.25, 0.3) is 0 Å². The Morgan fingerprint density at radius 3 is 2.51 bits per heavy atom. The highest BCUT2D eigenvalue weighted by Crippen LogP contribution is 2.27. The molecule has 5 aromatic rings. The van der Waals surface area contributed by atoms with Crippen LogP contribution in [0.1, 0.15) is 22.4 Å². The fraction of sp³-hybridized carbons (Fsp3) is 0.200. The molecule has 0 radical (unpaired) electrons. The van der Waals surface area contributed by atoms with Crippen LogP contribution < -0.4 is 11.0 Å². The van der Waals surface area contributed by atoms with Crippen molar-refractivity contribution in [2.24, 2.45) is 0 Å². The quantitative estimate of drug-likeness (QED) is 0.435. The van der Waals surface area contributed by atoms with Crippen molar-refractivity contribution in [3.63, 3.8) is 0 Å². The van der Waals surface area contributed by atoms with Gasteiger partial charge in [-0.15, -0.1) is 0 Å². The van der Waals surface area contributed by atoms with E-state index in [4.69, 9.17) is 5.10 Å². The highest BCUT2D eigenvalue weighted by molar-refractivity contribution is 5.83. The van der Waals surface area contributed by atoms with E-state index in [1.807, 2.05) is 0 Å². The number of halogens is 2. The first kappa shape index (κ1) is 21.4. The van der Waals surface area contributed by atoms with E-state index in [-0.39, 0.29) is 16.9 Å². The van der Waals surface area contributed by atoms with Gasteiger partial charge >= 0.3 is 5.69 Å². The van der Waals surface area contributed by atoms with Gasteiger partial charge in [0.1, 0.15) is 11.6 Å². The van der Waals surface area contributed by atoms with Gasteiger partial charge in [0, 0.05) is 48.2 Å². The minimum absolute atomic E-state index is 0.112. The Balaban J connectivity index is 1.57. The van der Waals surface area contributed by atoms with Crippen molar-refractivity contribution in [3.8, 4) is 17.2 Å². The molecule has 176 valence electrons. The van der Waals surface area contributed by atoms with Crippen LogP contribution in [0.25, 0.3) is 28.0 Å². The largest absolute Gasteiger partial charge is 0.338 e. The third-order valence-electron chi connectivity index (χ3n) is 6.45. The zero-order valence-electron chi connectivity index (χ0n) is 19.1. The topological polar surface area (TPSA) is 82.6 Å². The van der Waals surface area contributed by atoms with Crippen LogP contribution >= 0.6 is 0 Å². The Labute approximate surface area is 198 Å². The summed E-state index contributed by atoms with van der Waals surface area (Å²) in [6.45, 7) is 4.70. The van der Waals surface area contributed by atoms with E-state index in [2.05, 4.69) is 15.5 Å². The Morgan fingerprint density at radius 1 is 0.971 bits per heavy atom. The molecule has 0 bridgehead atoms. The smallest absolute Gasteiger partial charge is 0.312 e. The van der Waals surface area contributed by atoms with Crippen LogP contribution in [0.3, 0.4) is 0 Å². The molecule has 8 nitrogen and oxygen atoms in total. The van der Waals surface area contributed by atoms with Gasteiger partial charge in [0.05, 0.1) is 29.5 Å². The molecule has 0 amide bonds. The number of nitrogens with one attached hydrogen (secondary N) is 1. The van der Waals surface area contributed by atoms with Crippen LogP contribution in [0.15, 0.2) is 53.8 Å². The summed E-state index contributed by atoms with van der Waals surface area (Å²) in [5.74, 6) is -0.277. The van der Waals surface area contributed by atoms with Gasteiger partial charge in [-0.25, -0.2) is 18.3 Å². The molecule has 4 heterocycles. The molecule has 0 saturated carbocycles. The Morgan fingerprint density at radius 2 is 1.71 bits per heavy atom. The standard InChI is InChI=1S/C25H21F2N7O/c1-14-9-17(10-15(2)22(14)26)34-24(19-12-28-6-5-20(19)31-34)33-8-7-32(25(33)35)21-4-3-16-11-29-30-13-18(16)23(21)27/h3-4,7-11,13,28H,5-6,12H2,1-2H3. The number of aryl methyl sites for hydroxylation is 2. The third-order valence-corrected chi connectivity index (χ3v) is 6.45. The zero-order chi connectivity index (χ0) is 24.3. The molecular weight excluding hydrogens is 452 g/mol. The molecule has 0 aliphatic carbocycles. The predicted molar refractivity (Wildman–Crippen MR) is 126 cm³/mol. The summed E-state index contributed by atoms with van der Waals surface area (Å²) in [6, 6.07) is 6.67. The fourth-order valence-corrected chi connectivity index (χ4v) is 4.69. The van der Waals surface area contributed by atoms with Crippen LogP contribution in [0.2, 0.25) is 0 Å². The molecule has 1 aliphatic rings. The first-order valence-electron chi connectivity index (χ1n) is 11.2. The Bertz CT molecular complexity index is 1660. The van der Waals surface area contributed by atoms with Crippen LogP contribution in [-0.2, 0) is 13.0 Å². The lowest BCUT2D eigenvalue weighted by Crippen LogP contribution is -2.27. The molecule has 1 aliphatic heterocycles. The monoisotopic (exact) mass is 473 g/mol. The molecule has 10 heteroatoms. The Hall–Kier alpha value is -4.18. The van der Waals surface area contributed by atoms with E-state index < -0.39 is 11.5 Å². The lowest BCUT2D eigenvalue weighted by atomic mass is 10.1. The van der Waals surface area contributed by atoms with Crippen molar-refractivity contribution in [2.75, 3.05) is 6.54 Å². The van der Waals surface area contributed by atoms with E-state index in [1.165, 1.54) is 27.7 Å². The van der Waals surface area contributed by atoms with E-state index in [9.17, 15) is 9.18 Å². The second-order valence-electron chi connectivity index (χ2n) is 8.69. The first-order valence-corrected chi connectivity index (χ1v) is 11.2. The summed E-state index contributed by atoms with van der Waals surface area (Å²) >= 11 is 0. The van der Waals surface area contributed by atoms with E-state index in [1.54, 1.807) is 49.0 Å². The van der Waals surface area contributed by atoms with E-state index in [0.29, 0.717) is 41.0 Å². The van der Waals surface area contributed by atoms with Crippen molar-refractivity contribution < 1.29 is 8.78 Å². The SMILES string of the molecule is Cc1cc(-n2nc3c(c2-n2ccn(-c4ccc5cnncc5c4F)c2=O)CNCC3)cc(C)c1F. The van der Waals surface area contributed by atoms with Crippen LogP contribution in [0.5, 0.6) is 0 Å². The minimum atomic E-state index is -0.556. The molecule has 35 heavy (non-hydrogen) atoms. The maximum absolute atomic E-state index is 15.3. The second-order valence-corrected chi connectivity index (χ2v) is 8.69. The van der Waals surface area contributed by atoms with E-state index >= 15 is 4.39 Å². The Kier molecular flexibility index (Phi) is 4.85. The molecule has 2 aromatic carbocycles. The molecule has 6 rings (SSSR count). The molecule has 0 atom stereocenters. The highest BCUT2D eigenvalue weighted by atomic mass is 19.1. The van der Waals surface area contributed by atoms with Gasteiger partial charge in [0.2, 0.25) is 0 Å². The van der Waals surface area contributed by atoms with Crippen molar-refractivity contribution in [1.82, 2.24) is 34.4 Å². The van der Waals surface area contributed by atoms with Crippen molar-refractivity contribution in [2.45, 2.75) is 26.8 Å². The summed E-state index contributed by atoms with van der Waals surface area (Å²) in [7, 11) is 0. The summed E-state index contributed by atoms with van der Waals surface area (Å²) < 4.78 is 34.1. The first-order chi connectivity index (χ1) is 16.9. The minimum Gasteiger partial charge on any atom is -0.312 e. The lowest BCUT2D eigenvalue weighted by Gasteiger charge is -2.14. The number of nitrogens with zero attached hydrogens (tertiary/aromatic N) is 6. The maximum atomic E-state index is 15.3. The summed E-state index contributed by atoms with van der Waals surface area (Å²) in [4.78, 5) is 13.6. The average molecular weight is 473 g/mol. The number of aromatic nitrogens is 6. The van der Waals surface area contributed by atoms with Crippen molar-refractivity contribution in [3.05, 3.63) is 93.6 Å². The lowest BCUT2D eigenvalue weighted by molar-refractivity contribution is 0.608. The molecule has 3 aromatic heterocycles. The fourth-order valence-electron chi connectivity index (χ4n) is 4.69.